The molecular formula is C13H18N4. The topological polar surface area (TPSA) is 50.1 Å². The van der Waals surface area contributed by atoms with E-state index < -0.39 is 0 Å². The van der Waals surface area contributed by atoms with Gasteiger partial charge < -0.3 is 10.7 Å². The second-order valence-corrected chi connectivity index (χ2v) is 4.82. The molecular weight excluding hydrogens is 212 g/mol. The van der Waals surface area contributed by atoms with Gasteiger partial charge in [-0.1, -0.05) is 0 Å². The lowest BCUT2D eigenvalue weighted by atomic mass is 10.1. The van der Waals surface area contributed by atoms with E-state index in [1.807, 2.05) is 0 Å². The Balaban J connectivity index is 1.72. The molecule has 0 saturated carbocycles. The van der Waals surface area contributed by atoms with E-state index in [1.54, 1.807) is 0 Å². The molecule has 0 atom stereocenters. The molecule has 0 aromatic carbocycles. The molecule has 0 radical (unpaired) electrons. The molecule has 1 aromatic rings. The lowest BCUT2D eigenvalue weighted by Crippen LogP contribution is -2.31. The molecule has 4 heteroatoms. The van der Waals surface area contributed by atoms with Crippen molar-refractivity contribution >= 4 is 17.1 Å². The van der Waals surface area contributed by atoms with Crippen molar-refractivity contribution in [1.29, 1.82) is 0 Å². The third-order valence-electron chi connectivity index (χ3n) is 3.37. The van der Waals surface area contributed by atoms with Gasteiger partial charge >= 0.3 is 0 Å². The molecule has 2 aliphatic heterocycles. The van der Waals surface area contributed by atoms with Gasteiger partial charge in [0.15, 0.2) is 5.82 Å². The predicted octanol–water partition coefficient (Wildman–Crippen LogP) is 2.41. The van der Waals surface area contributed by atoms with Gasteiger partial charge in [-0.2, -0.15) is 0 Å². The van der Waals surface area contributed by atoms with E-state index >= 15 is 0 Å². The summed E-state index contributed by atoms with van der Waals surface area (Å²) in [6.07, 6.45) is 4.64. The molecule has 0 amide bonds. The Morgan fingerprint density at radius 2 is 2.24 bits per heavy atom. The molecule has 1 fully saturated rings. The number of hydrogen-bond donors (Lipinski definition) is 2. The number of nitrogens with zero attached hydrogens (tertiary/aromatic N) is 2. The van der Waals surface area contributed by atoms with Crippen LogP contribution in [-0.4, -0.2) is 23.1 Å². The first-order valence-electron chi connectivity index (χ1n) is 6.21. The van der Waals surface area contributed by atoms with Gasteiger partial charge in [0.2, 0.25) is 0 Å². The molecule has 17 heavy (non-hydrogen) atoms. The Kier molecular flexibility index (Phi) is 2.52. The fourth-order valence-corrected chi connectivity index (χ4v) is 2.20. The van der Waals surface area contributed by atoms with E-state index in [-0.39, 0.29) is 0 Å². The zero-order chi connectivity index (χ0) is 11.8. The van der Waals surface area contributed by atoms with Crippen LogP contribution in [-0.2, 0) is 0 Å². The maximum Gasteiger partial charge on any atom is 0.155 e. The number of hydrazine groups is 1. The van der Waals surface area contributed by atoms with Crippen LogP contribution < -0.4 is 10.7 Å². The average molecular weight is 230 g/mol. The largest absolute Gasteiger partial charge is 0.335 e. The fraction of sp³-hybridized carbons (Fsp3) is 0.462. The molecule has 3 heterocycles. The summed E-state index contributed by atoms with van der Waals surface area (Å²) < 4.78 is 0. The summed E-state index contributed by atoms with van der Waals surface area (Å²) in [4.78, 5) is 4.53. The highest BCUT2D eigenvalue weighted by atomic mass is 15.5. The van der Waals surface area contributed by atoms with Crippen molar-refractivity contribution in [1.82, 2.24) is 15.4 Å². The Morgan fingerprint density at radius 1 is 1.47 bits per heavy atom. The quantitative estimate of drug-likeness (QED) is 0.795. The van der Waals surface area contributed by atoms with Crippen molar-refractivity contribution in [3.8, 4) is 0 Å². The van der Waals surface area contributed by atoms with E-state index in [9.17, 15) is 0 Å². The maximum atomic E-state index is 4.53. The summed E-state index contributed by atoms with van der Waals surface area (Å²) in [6.45, 7) is 6.49. The molecule has 3 rings (SSSR count). The number of allylic oxidation sites excluding steroid dienone is 1. The van der Waals surface area contributed by atoms with Crippen molar-refractivity contribution in [2.75, 3.05) is 18.4 Å². The van der Waals surface area contributed by atoms with Gasteiger partial charge in [0, 0.05) is 19.3 Å². The second kappa shape index (κ2) is 4.04. The van der Waals surface area contributed by atoms with Crippen molar-refractivity contribution in [3.05, 3.63) is 23.5 Å². The lowest BCUT2D eigenvalue weighted by Gasteiger charge is -2.14. The Morgan fingerprint density at radius 3 is 2.94 bits per heavy atom. The van der Waals surface area contributed by atoms with Crippen LogP contribution in [0.5, 0.6) is 0 Å². The summed E-state index contributed by atoms with van der Waals surface area (Å²) in [6, 6.07) is 2.14. The first-order chi connectivity index (χ1) is 8.24. The Labute approximate surface area is 102 Å². The van der Waals surface area contributed by atoms with Gasteiger partial charge in [-0.25, -0.2) is 9.99 Å². The highest BCUT2D eigenvalue weighted by Crippen LogP contribution is 2.40. The van der Waals surface area contributed by atoms with Crippen LogP contribution in [0.25, 0.3) is 5.57 Å². The number of nitrogens with one attached hydrogen (secondary N) is 2. The van der Waals surface area contributed by atoms with Gasteiger partial charge in [-0.15, -0.1) is 0 Å². The standard InChI is InChI=1S/C13H18N4/c1-9-7-11(15-13-12(9)16-13)10(2)8-14-17-5-3-4-6-17/h7-8,14H,3-6H2,1-2H3,(H,15,16)/b10-8+. The van der Waals surface area contributed by atoms with Crippen LogP contribution in [0.15, 0.2) is 12.3 Å². The molecule has 2 aliphatic rings. The molecule has 0 unspecified atom stereocenters. The van der Waals surface area contributed by atoms with E-state index in [0.29, 0.717) is 0 Å². The van der Waals surface area contributed by atoms with Gasteiger partial charge in [-0.3, -0.25) is 0 Å². The highest BCUT2D eigenvalue weighted by Gasteiger charge is 2.21. The van der Waals surface area contributed by atoms with Gasteiger partial charge in [-0.05, 0) is 43.9 Å². The van der Waals surface area contributed by atoms with Crippen LogP contribution in [0.1, 0.15) is 31.0 Å². The number of aryl methyl sites for hydroxylation is 1. The molecule has 4 nitrogen and oxygen atoms in total. The lowest BCUT2D eigenvalue weighted by molar-refractivity contribution is 0.279. The normalized spacial score (nSPS) is 18.8. The second-order valence-electron chi connectivity index (χ2n) is 4.82. The molecule has 1 saturated heterocycles. The zero-order valence-electron chi connectivity index (χ0n) is 10.4. The maximum absolute atomic E-state index is 4.53. The monoisotopic (exact) mass is 230 g/mol. The molecule has 0 bridgehead atoms. The predicted molar refractivity (Wildman–Crippen MR) is 69.9 cm³/mol. The minimum absolute atomic E-state index is 1.04. The molecule has 2 N–H and O–H groups in total. The average Bonchev–Trinajstić information content (AvgIpc) is 2.93. The minimum Gasteiger partial charge on any atom is -0.335 e. The number of anilines is 2. The summed E-state index contributed by atoms with van der Waals surface area (Å²) in [5.74, 6) is 1.04. The smallest absolute Gasteiger partial charge is 0.155 e. The molecule has 0 spiro atoms. The molecule has 0 aliphatic carbocycles. The van der Waals surface area contributed by atoms with E-state index in [2.05, 4.69) is 46.8 Å². The summed E-state index contributed by atoms with van der Waals surface area (Å²) in [5.41, 5.74) is 8.06. The van der Waals surface area contributed by atoms with Gasteiger partial charge in [0.25, 0.3) is 0 Å². The van der Waals surface area contributed by atoms with Crippen LogP contribution in [0.3, 0.4) is 0 Å². The number of hydrogen-bond acceptors (Lipinski definition) is 4. The Hall–Kier alpha value is -1.55. The minimum atomic E-state index is 1.04. The highest BCUT2D eigenvalue weighted by molar-refractivity contribution is 5.90. The SMILES string of the molecule is C/C(=C\NN1CCCC1)c1cc(C)c2c(n1)N2. The van der Waals surface area contributed by atoms with Crippen molar-refractivity contribution in [2.24, 2.45) is 0 Å². The molecule has 1 aromatic heterocycles. The first kappa shape index (κ1) is 10.6. The van der Waals surface area contributed by atoms with Crippen LogP contribution >= 0.6 is 0 Å². The van der Waals surface area contributed by atoms with Gasteiger partial charge in [0.05, 0.1) is 11.4 Å². The first-order valence-corrected chi connectivity index (χ1v) is 6.21. The van der Waals surface area contributed by atoms with E-state index in [0.717, 1.165) is 24.6 Å². The molecule has 90 valence electrons. The third kappa shape index (κ3) is 2.13. The van der Waals surface area contributed by atoms with Crippen LogP contribution in [0.4, 0.5) is 11.5 Å². The fourth-order valence-electron chi connectivity index (χ4n) is 2.20. The number of aromatic nitrogens is 1. The van der Waals surface area contributed by atoms with Crippen molar-refractivity contribution in [3.63, 3.8) is 0 Å². The zero-order valence-corrected chi connectivity index (χ0v) is 10.4. The van der Waals surface area contributed by atoms with Gasteiger partial charge in [0.1, 0.15) is 0 Å². The van der Waals surface area contributed by atoms with E-state index in [1.165, 1.54) is 29.7 Å². The van der Waals surface area contributed by atoms with Crippen LogP contribution in [0, 0.1) is 6.92 Å². The van der Waals surface area contributed by atoms with Crippen molar-refractivity contribution in [2.45, 2.75) is 26.7 Å². The summed E-state index contributed by atoms with van der Waals surface area (Å²) in [7, 11) is 0. The summed E-state index contributed by atoms with van der Waals surface area (Å²) >= 11 is 0. The summed E-state index contributed by atoms with van der Waals surface area (Å²) in [5, 5.41) is 5.44. The third-order valence-corrected chi connectivity index (χ3v) is 3.37. The van der Waals surface area contributed by atoms with Crippen LogP contribution in [0.2, 0.25) is 0 Å². The number of fused-ring (bicyclic) bond motifs is 1. The number of rotatable bonds is 3. The number of pyridine rings is 1. The Bertz CT molecular complexity index is 473. The van der Waals surface area contributed by atoms with E-state index in [4.69, 9.17) is 0 Å². The van der Waals surface area contributed by atoms with Crippen molar-refractivity contribution < 1.29 is 0 Å².